The van der Waals surface area contributed by atoms with E-state index in [0.717, 1.165) is 12.5 Å². The monoisotopic (exact) mass is 281 g/mol. The molecule has 1 aliphatic carbocycles. The molecule has 0 bridgehead atoms. The molecule has 0 aromatic heterocycles. The van der Waals surface area contributed by atoms with Crippen LogP contribution in [0.15, 0.2) is 0 Å². The van der Waals surface area contributed by atoms with Crippen molar-refractivity contribution in [3.8, 4) is 0 Å². The van der Waals surface area contributed by atoms with Gasteiger partial charge in [-0.25, -0.2) is 0 Å². The van der Waals surface area contributed by atoms with E-state index in [9.17, 15) is 0 Å². The fourth-order valence-corrected chi connectivity index (χ4v) is 4.19. The standard InChI is InChI=1S/C17H35N3/c1-16(2,3)15-6-5-8-17(14-18,9-7-15)20-12-10-19(4)11-13-20/h15H,5-14,18H2,1-4H3. The van der Waals surface area contributed by atoms with Crippen molar-refractivity contribution < 1.29 is 0 Å². The summed E-state index contributed by atoms with van der Waals surface area (Å²) in [6.07, 6.45) is 6.70. The molecule has 0 aromatic carbocycles. The summed E-state index contributed by atoms with van der Waals surface area (Å²) in [6, 6.07) is 0. The molecule has 118 valence electrons. The Balaban J connectivity index is 2.04. The molecular weight excluding hydrogens is 246 g/mol. The van der Waals surface area contributed by atoms with E-state index in [4.69, 9.17) is 5.73 Å². The molecule has 0 amide bonds. The van der Waals surface area contributed by atoms with E-state index in [-0.39, 0.29) is 0 Å². The zero-order valence-electron chi connectivity index (χ0n) is 14.1. The summed E-state index contributed by atoms with van der Waals surface area (Å²) in [5.41, 5.74) is 7.02. The van der Waals surface area contributed by atoms with Crippen molar-refractivity contribution in [2.24, 2.45) is 17.1 Å². The van der Waals surface area contributed by atoms with Gasteiger partial charge in [-0.1, -0.05) is 27.2 Å². The molecule has 2 aliphatic rings. The first-order valence-electron chi connectivity index (χ1n) is 8.51. The van der Waals surface area contributed by atoms with Crippen molar-refractivity contribution in [3.63, 3.8) is 0 Å². The molecule has 1 saturated heterocycles. The lowest BCUT2D eigenvalue weighted by atomic mass is 9.76. The SMILES string of the molecule is CN1CCN(C2(CN)CCCC(C(C)(C)C)CC2)CC1. The van der Waals surface area contributed by atoms with Crippen LogP contribution in [0, 0.1) is 11.3 Å². The first-order valence-corrected chi connectivity index (χ1v) is 8.51. The molecule has 3 nitrogen and oxygen atoms in total. The normalized spacial score (nSPS) is 35.0. The fraction of sp³-hybridized carbons (Fsp3) is 1.00. The molecule has 0 spiro atoms. The Morgan fingerprint density at radius 3 is 2.25 bits per heavy atom. The van der Waals surface area contributed by atoms with Gasteiger partial charge in [-0.15, -0.1) is 0 Å². The number of nitrogens with two attached hydrogens (primary N) is 1. The first kappa shape index (κ1) is 16.3. The summed E-state index contributed by atoms with van der Waals surface area (Å²) >= 11 is 0. The zero-order chi connectivity index (χ0) is 14.8. The third kappa shape index (κ3) is 3.55. The van der Waals surface area contributed by atoms with Gasteiger partial charge in [0.05, 0.1) is 0 Å². The Labute approximate surface area is 125 Å². The average Bonchev–Trinajstić information content (AvgIpc) is 2.62. The Hall–Kier alpha value is -0.120. The van der Waals surface area contributed by atoms with E-state index >= 15 is 0 Å². The maximum Gasteiger partial charge on any atom is 0.0332 e. The number of rotatable bonds is 2. The van der Waals surface area contributed by atoms with Gasteiger partial charge in [-0.2, -0.15) is 0 Å². The van der Waals surface area contributed by atoms with Crippen LogP contribution < -0.4 is 5.73 Å². The van der Waals surface area contributed by atoms with Crippen LogP contribution in [0.5, 0.6) is 0 Å². The highest BCUT2D eigenvalue weighted by atomic mass is 15.3. The molecule has 0 radical (unpaired) electrons. The predicted octanol–water partition coefficient (Wildman–Crippen LogP) is 2.56. The molecule has 1 saturated carbocycles. The number of hydrogen-bond donors (Lipinski definition) is 1. The van der Waals surface area contributed by atoms with Crippen molar-refractivity contribution >= 4 is 0 Å². The van der Waals surface area contributed by atoms with Crippen LogP contribution in [0.25, 0.3) is 0 Å². The molecule has 0 aromatic rings. The summed E-state index contributed by atoms with van der Waals surface area (Å²) in [7, 11) is 2.23. The van der Waals surface area contributed by atoms with Crippen LogP contribution in [0.3, 0.4) is 0 Å². The highest BCUT2D eigenvalue weighted by Crippen LogP contribution is 2.41. The lowest BCUT2D eigenvalue weighted by molar-refractivity contribution is 0.0319. The van der Waals surface area contributed by atoms with E-state index < -0.39 is 0 Å². The van der Waals surface area contributed by atoms with Crippen molar-refractivity contribution in [1.82, 2.24) is 9.80 Å². The minimum Gasteiger partial charge on any atom is -0.329 e. The summed E-state index contributed by atoms with van der Waals surface area (Å²) in [6.45, 7) is 12.9. The fourth-order valence-electron chi connectivity index (χ4n) is 4.19. The van der Waals surface area contributed by atoms with Crippen molar-refractivity contribution in [1.29, 1.82) is 0 Å². The minimum atomic E-state index is 0.293. The highest BCUT2D eigenvalue weighted by Gasteiger charge is 2.40. The lowest BCUT2D eigenvalue weighted by Crippen LogP contribution is -2.59. The van der Waals surface area contributed by atoms with Gasteiger partial charge in [0.15, 0.2) is 0 Å². The highest BCUT2D eigenvalue weighted by molar-refractivity contribution is 4.97. The second-order valence-corrected chi connectivity index (χ2v) is 8.21. The quantitative estimate of drug-likeness (QED) is 0.790. The van der Waals surface area contributed by atoms with Gasteiger partial charge >= 0.3 is 0 Å². The largest absolute Gasteiger partial charge is 0.329 e. The molecule has 1 aliphatic heterocycles. The number of likely N-dealkylation sites (N-methyl/N-ethyl adjacent to an activating group) is 1. The van der Waals surface area contributed by atoms with Gasteiger partial charge in [-0.05, 0) is 44.1 Å². The third-order valence-corrected chi connectivity index (χ3v) is 5.93. The summed E-state index contributed by atoms with van der Waals surface area (Å²) in [5, 5.41) is 0. The van der Waals surface area contributed by atoms with Gasteiger partial charge < -0.3 is 10.6 Å². The van der Waals surface area contributed by atoms with Crippen LogP contribution in [-0.4, -0.2) is 55.1 Å². The van der Waals surface area contributed by atoms with E-state index in [1.54, 1.807) is 0 Å². The molecular formula is C17H35N3. The van der Waals surface area contributed by atoms with Gasteiger partial charge in [0.25, 0.3) is 0 Å². The van der Waals surface area contributed by atoms with Crippen molar-refractivity contribution in [2.75, 3.05) is 39.8 Å². The number of piperazine rings is 1. The molecule has 1 heterocycles. The second-order valence-electron chi connectivity index (χ2n) is 8.21. The molecule has 2 atom stereocenters. The Kier molecular flexibility index (Phi) is 5.14. The van der Waals surface area contributed by atoms with E-state index in [0.29, 0.717) is 11.0 Å². The molecule has 2 fully saturated rings. The number of hydrogen-bond acceptors (Lipinski definition) is 3. The van der Waals surface area contributed by atoms with Crippen molar-refractivity contribution in [3.05, 3.63) is 0 Å². The van der Waals surface area contributed by atoms with Gasteiger partial charge in [0.1, 0.15) is 0 Å². The third-order valence-electron chi connectivity index (χ3n) is 5.93. The van der Waals surface area contributed by atoms with Crippen molar-refractivity contribution in [2.45, 2.75) is 58.4 Å². The zero-order valence-corrected chi connectivity index (χ0v) is 14.1. The van der Waals surface area contributed by atoms with Crippen LogP contribution in [-0.2, 0) is 0 Å². The van der Waals surface area contributed by atoms with Gasteiger partial charge in [-0.3, -0.25) is 4.90 Å². The van der Waals surface area contributed by atoms with E-state index in [1.807, 2.05) is 0 Å². The second kappa shape index (κ2) is 6.33. The Bertz CT molecular complexity index is 302. The summed E-state index contributed by atoms with van der Waals surface area (Å²) in [4.78, 5) is 5.16. The predicted molar refractivity (Wildman–Crippen MR) is 86.9 cm³/mol. The summed E-state index contributed by atoms with van der Waals surface area (Å²) in [5.74, 6) is 0.864. The maximum atomic E-state index is 6.27. The smallest absolute Gasteiger partial charge is 0.0332 e. The first-order chi connectivity index (χ1) is 9.37. The number of nitrogens with zero attached hydrogens (tertiary/aromatic N) is 2. The van der Waals surface area contributed by atoms with E-state index in [2.05, 4.69) is 37.6 Å². The molecule has 2 rings (SSSR count). The van der Waals surface area contributed by atoms with E-state index in [1.165, 1.54) is 58.3 Å². The van der Waals surface area contributed by atoms with Crippen LogP contribution >= 0.6 is 0 Å². The van der Waals surface area contributed by atoms with Gasteiger partial charge in [0, 0.05) is 38.3 Å². The van der Waals surface area contributed by atoms with Crippen LogP contribution in [0.4, 0.5) is 0 Å². The Morgan fingerprint density at radius 1 is 1.05 bits per heavy atom. The molecule has 20 heavy (non-hydrogen) atoms. The molecule has 2 N–H and O–H groups in total. The minimum absolute atomic E-state index is 0.293. The molecule has 2 unspecified atom stereocenters. The topological polar surface area (TPSA) is 32.5 Å². The lowest BCUT2D eigenvalue weighted by Gasteiger charge is -2.47. The van der Waals surface area contributed by atoms with Crippen LogP contribution in [0.2, 0.25) is 0 Å². The van der Waals surface area contributed by atoms with Gasteiger partial charge in [0.2, 0.25) is 0 Å². The average molecular weight is 281 g/mol. The maximum absolute atomic E-state index is 6.27. The summed E-state index contributed by atoms with van der Waals surface area (Å²) < 4.78 is 0. The van der Waals surface area contributed by atoms with Crippen LogP contribution in [0.1, 0.15) is 52.9 Å². The Morgan fingerprint density at radius 2 is 1.70 bits per heavy atom. The molecule has 3 heteroatoms.